The summed E-state index contributed by atoms with van der Waals surface area (Å²) in [6.45, 7) is 4.38. The van der Waals surface area contributed by atoms with E-state index in [1.165, 1.54) is 18.4 Å². The summed E-state index contributed by atoms with van der Waals surface area (Å²) in [6.07, 6.45) is 5.20. The van der Waals surface area contributed by atoms with Gasteiger partial charge in [0.25, 0.3) is 0 Å². The third-order valence-electron chi connectivity index (χ3n) is 3.15. The van der Waals surface area contributed by atoms with E-state index in [9.17, 15) is 0 Å². The fourth-order valence-corrected chi connectivity index (χ4v) is 2.25. The van der Waals surface area contributed by atoms with Gasteiger partial charge >= 0.3 is 0 Å². The van der Waals surface area contributed by atoms with Gasteiger partial charge in [-0.3, -0.25) is 0 Å². The predicted molar refractivity (Wildman–Crippen MR) is 62.9 cm³/mol. The average molecular weight is 204 g/mol. The summed E-state index contributed by atoms with van der Waals surface area (Å²) in [6, 6.07) is 10.7. The van der Waals surface area contributed by atoms with Crippen molar-refractivity contribution >= 4 is 0 Å². The van der Waals surface area contributed by atoms with Crippen LogP contribution in [0, 0.1) is 0 Å². The molecule has 0 saturated carbocycles. The Balaban J connectivity index is 1.80. The lowest BCUT2D eigenvalue weighted by atomic mass is 10.0. The zero-order valence-electron chi connectivity index (χ0n) is 9.70. The smallest absolute Gasteiger partial charge is 0.0631 e. The van der Waals surface area contributed by atoms with Gasteiger partial charge in [-0.25, -0.2) is 0 Å². The molecule has 1 aromatic rings. The second-order valence-electron chi connectivity index (χ2n) is 5.06. The highest BCUT2D eigenvalue weighted by Crippen LogP contribution is 2.31. The van der Waals surface area contributed by atoms with E-state index in [-0.39, 0.29) is 5.60 Å². The molecule has 1 heteroatoms. The van der Waals surface area contributed by atoms with Gasteiger partial charge in [-0.05, 0) is 45.1 Å². The number of ether oxygens (including phenoxy) is 1. The Bertz CT molecular complexity index is 302. The molecule has 1 aromatic carbocycles. The molecule has 1 aliphatic rings. The highest BCUT2D eigenvalue weighted by atomic mass is 16.5. The lowest BCUT2D eigenvalue weighted by Gasteiger charge is -2.19. The molecule has 1 atom stereocenters. The first kappa shape index (κ1) is 10.7. The monoisotopic (exact) mass is 204 g/mol. The molecule has 1 heterocycles. The zero-order valence-corrected chi connectivity index (χ0v) is 9.70. The molecule has 82 valence electrons. The normalized spacial score (nSPS) is 24.3. The standard InChI is InChI=1S/C14H20O/c1-14(2)11-10-13(15-14)9-8-12-6-4-3-5-7-12/h3-7,13H,8-11H2,1-2H3/t13-/m0/s1. The Morgan fingerprint density at radius 2 is 2.00 bits per heavy atom. The zero-order chi connectivity index (χ0) is 10.7. The van der Waals surface area contributed by atoms with Crippen molar-refractivity contribution in [2.75, 3.05) is 0 Å². The summed E-state index contributed by atoms with van der Waals surface area (Å²) >= 11 is 0. The number of hydrogen-bond donors (Lipinski definition) is 0. The largest absolute Gasteiger partial charge is 0.372 e. The van der Waals surface area contributed by atoms with Crippen LogP contribution in [0.25, 0.3) is 0 Å². The maximum absolute atomic E-state index is 5.97. The van der Waals surface area contributed by atoms with Gasteiger partial charge in [0.2, 0.25) is 0 Å². The van der Waals surface area contributed by atoms with Gasteiger partial charge in [-0.2, -0.15) is 0 Å². The topological polar surface area (TPSA) is 9.23 Å². The average Bonchev–Trinajstić information content (AvgIpc) is 2.57. The minimum atomic E-state index is 0.112. The fraction of sp³-hybridized carbons (Fsp3) is 0.571. The summed E-state index contributed by atoms with van der Waals surface area (Å²) in [7, 11) is 0. The third kappa shape index (κ3) is 3.07. The molecular weight excluding hydrogens is 184 g/mol. The Morgan fingerprint density at radius 1 is 1.27 bits per heavy atom. The van der Waals surface area contributed by atoms with Gasteiger partial charge in [0.15, 0.2) is 0 Å². The molecule has 1 saturated heterocycles. The van der Waals surface area contributed by atoms with Crippen molar-refractivity contribution in [2.24, 2.45) is 0 Å². The first-order valence-electron chi connectivity index (χ1n) is 5.87. The van der Waals surface area contributed by atoms with Crippen molar-refractivity contribution in [3.05, 3.63) is 35.9 Å². The van der Waals surface area contributed by atoms with Crippen molar-refractivity contribution in [3.63, 3.8) is 0 Å². The molecule has 15 heavy (non-hydrogen) atoms. The van der Waals surface area contributed by atoms with Crippen molar-refractivity contribution in [3.8, 4) is 0 Å². The van der Waals surface area contributed by atoms with Gasteiger partial charge in [-0.1, -0.05) is 30.3 Å². The molecule has 0 N–H and O–H groups in total. The molecular formula is C14H20O. The Kier molecular flexibility index (Phi) is 3.11. The van der Waals surface area contributed by atoms with Crippen LogP contribution in [0.3, 0.4) is 0 Å². The van der Waals surface area contributed by atoms with Gasteiger partial charge < -0.3 is 4.74 Å². The van der Waals surface area contributed by atoms with E-state index in [4.69, 9.17) is 4.74 Å². The van der Waals surface area contributed by atoms with Crippen LogP contribution in [0.4, 0.5) is 0 Å². The van der Waals surface area contributed by atoms with E-state index in [1.807, 2.05) is 0 Å². The van der Waals surface area contributed by atoms with Crippen LogP contribution in [0.1, 0.15) is 38.7 Å². The first-order chi connectivity index (χ1) is 7.16. The summed E-state index contributed by atoms with van der Waals surface area (Å²) in [4.78, 5) is 0. The first-order valence-corrected chi connectivity index (χ1v) is 5.87. The van der Waals surface area contributed by atoms with Crippen LogP contribution in [-0.4, -0.2) is 11.7 Å². The molecule has 1 aliphatic heterocycles. The molecule has 0 bridgehead atoms. The van der Waals surface area contributed by atoms with E-state index in [0.717, 1.165) is 12.8 Å². The van der Waals surface area contributed by atoms with Crippen molar-refractivity contribution in [1.82, 2.24) is 0 Å². The van der Waals surface area contributed by atoms with Crippen LogP contribution in [0.15, 0.2) is 30.3 Å². The molecule has 0 amide bonds. The fourth-order valence-electron chi connectivity index (χ4n) is 2.25. The van der Waals surface area contributed by atoms with Gasteiger partial charge in [0.05, 0.1) is 11.7 Å². The van der Waals surface area contributed by atoms with E-state index in [2.05, 4.69) is 44.2 Å². The summed E-state index contributed by atoms with van der Waals surface area (Å²) in [5, 5.41) is 0. The number of benzene rings is 1. The summed E-state index contributed by atoms with van der Waals surface area (Å²) in [5.74, 6) is 0. The van der Waals surface area contributed by atoms with Gasteiger partial charge in [0, 0.05) is 0 Å². The van der Waals surface area contributed by atoms with Crippen LogP contribution in [0.2, 0.25) is 0 Å². The van der Waals surface area contributed by atoms with Gasteiger partial charge in [-0.15, -0.1) is 0 Å². The Labute approximate surface area is 92.5 Å². The van der Waals surface area contributed by atoms with E-state index >= 15 is 0 Å². The Hall–Kier alpha value is -0.820. The summed E-state index contributed by atoms with van der Waals surface area (Å²) < 4.78 is 5.97. The predicted octanol–water partition coefficient (Wildman–Crippen LogP) is 3.58. The van der Waals surface area contributed by atoms with E-state index in [1.54, 1.807) is 0 Å². The maximum atomic E-state index is 5.97. The SMILES string of the molecule is CC1(C)CC[C@H](CCc2ccccc2)O1. The van der Waals surface area contributed by atoms with Crippen LogP contribution < -0.4 is 0 Å². The minimum absolute atomic E-state index is 0.112. The highest BCUT2D eigenvalue weighted by molar-refractivity contribution is 5.14. The maximum Gasteiger partial charge on any atom is 0.0631 e. The molecule has 0 radical (unpaired) electrons. The van der Waals surface area contributed by atoms with Crippen LogP contribution in [-0.2, 0) is 11.2 Å². The molecule has 0 unspecified atom stereocenters. The molecule has 0 aliphatic carbocycles. The molecule has 2 rings (SSSR count). The minimum Gasteiger partial charge on any atom is -0.372 e. The van der Waals surface area contributed by atoms with Crippen LogP contribution >= 0.6 is 0 Å². The number of rotatable bonds is 3. The molecule has 0 spiro atoms. The summed E-state index contributed by atoms with van der Waals surface area (Å²) in [5.41, 5.74) is 1.53. The quantitative estimate of drug-likeness (QED) is 0.731. The number of aryl methyl sites for hydroxylation is 1. The molecule has 0 aromatic heterocycles. The van der Waals surface area contributed by atoms with Crippen molar-refractivity contribution < 1.29 is 4.74 Å². The second kappa shape index (κ2) is 4.36. The van der Waals surface area contributed by atoms with Gasteiger partial charge in [0.1, 0.15) is 0 Å². The van der Waals surface area contributed by atoms with Crippen molar-refractivity contribution in [2.45, 2.75) is 51.2 Å². The Morgan fingerprint density at radius 3 is 2.60 bits per heavy atom. The van der Waals surface area contributed by atoms with Crippen LogP contribution in [0.5, 0.6) is 0 Å². The second-order valence-corrected chi connectivity index (χ2v) is 5.06. The van der Waals surface area contributed by atoms with E-state index < -0.39 is 0 Å². The van der Waals surface area contributed by atoms with Crippen molar-refractivity contribution in [1.29, 1.82) is 0 Å². The third-order valence-corrected chi connectivity index (χ3v) is 3.15. The highest BCUT2D eigenvalue weighted by Gasteiger charge is 2.30. The number of hydrogen-bond acceptors (Lipinski definition) is 1. The molecule has 1 fully saturated rings. The lowest BCUT2D eigenvalue weighted by molar-refractivity contribution is -0.0180. The van der Waals surface area contributed by atoms with E-state index in [0.29, 0.717) is 6.10 Å². The molecule has 1 nitrogen and oxygen atoms in total. The lowest BCUT2D eigenvalue weighted by Crippen LogP contribution is -2.20.